The minimum absolute atomic E-state index is 0.0211. The molecule has 5 heteroatoms. The Balaban J connectivity index is 1.84. The molecule has 2 heterocycles. The van der Waals surface area contributed by atoms with E-state index >= 15 is 0 Å². The van der Waals surface area contributed by atoms with Crippen molar-refractivity contribution in [3.05, 3.63) is 76.0 Å². The standard InChI is InChI=1S/C24H25N3O2/c1-5-17-7-6-8-18(12-17)27-24-22(16(4)26-27)20(13-21(28)25-24)23(29)19-11-14(2)9-10-15(19)3/h6-12,20H,5,13H2,1-4H3,(H,25,28). The maximum atomic E-state index is 13.5. The van der Waals surface area contributed by atoms with Crippen LogP contribution in [0.1, 0.15) is 57.6 Å². The Bertz CT molecular complexity index is 1130. The summed E-state index contributed by atoms with van der Waals surface area (Å²) in [4.78, 5) is 26.0. The molecule has 1 amide bonds. The molecule has 148 valence electrons. The number of Topliss-reactive ketones (excluding diaryl/α,β-unsaturated/α-hetero) is 1. The van der Waals surface area contributed by atoms with Crippen LogP contribution in [0.2, 0.25) is 0 Å². The maximum absolute atomic E-state index is 13.5. The van der Waals surface area contributed by atoms with Gasteiger partial charge in [-0.15, -0.1) is 0 Å². The van der Waals surface area contributed by atoms with E-state index in [1.165, 1.54) is 5.56 Å². The fraction of sp³-hybridized carbons (Fsp3) is 0.292. The summed E-state index contributed by atoms with van der Waals surface area (Å²) in [6.07, 6.45) is 1.05. The van der Waals surface area contributed by atoms with E-state index in [2.05, 4.69) is 29.5 Å². The van der Waals surface area contributed by atoms with Crippen LogP contribution in [0.5, 0.6) is 0 Å². The van der Waals surface area contributed by atoms with Crippen molar-refractivity contribution in [2.45, 2.75) is 46.5 Å². The van der Waals surface area contributed by atoms with Crippen LogP contribution in [0.3, 0.4) is 0 Å². The van der Waals surface area contributed by atoms with Crippen LogP contribution >= 0.6 is 0 Å². The third-order valence-electron chi connectivity index (χ3n) is 5.64. The highest BCUT2D eigenvalue weighted by Crippen LogP contribution is 2.38. The lowest BCUT2D eigenvalue weighted by atomic mass is 9.84. The highest BCUT2D eigenvalue weighted by Gasteiger charge is 2.36. The van der Waals surface area contributed by atoms with Crippen molar-refractivity contribution < 1.29 is 9.59 Å². The molecule has 29 heavy (non-hydrogen) atoms. The molecule has 4 rings (SSSR count). The van der Waals surface area contributed by atoms with Gasteiger partial charge in [0.05, 0.1) is 17.3 Å². The van der Waals surface area contributed by atoms with Crippen molar-refractivity contribution in [1.82, 2.24) is 9.78 Å². The second-order valence-electron chi connectivity index (χ2n) is 7.77. The molecule has 0 aliphatic carbocycles. The predicted molar refractivity (Wildman–Crippen MR) is 114 cm³/mol. The van der Waals surface area contributed by atoms with Gasteiger partial charge in [-0.2, -0.15) is 5.10 Å². The van der Waals surface area contributed by atoms with Crippen molar-refractivity contribution in [3.8, 4) is 5.69 Å². The van der Waals surface area contributed by atoms with Gasteiger partial charge in [0.2, 0.25) is 5.91 Å². The largest absolute Gasteiger partial charge is 0.310 e. The normalized spacial score (nSPS) is 15.7. The Kier molecular flexibility index (Phi) is 4.82. The monoisotopic (exact) mass is 387 g/mol. The molecule has 1 unspecified atom stereocenters. The minimum Gasteiger partial charge on any atom is -0.310 e. The summed E-state index contributed by atoms with van der Waals surface area (Å²) in [5.41, 5.74) is 6.29. The molecular formula is C24H25N3O2. The fourth-order valence-electron chi connectivity index (χ4n) is 4.06. The Morgan fingerprint density at radius 1 is 1.17 bits per heavy atom. The summed E-state index contributed by atoms with van der Waals surface area (Å²) in [5.74, 6) is -0.0979. The first-order valence-electron chi connectivity index (χ1n) is 9.99. The van der Waals surface area contributed by atoms with Gasteiger partial charge < -0.3 is 5.32 Å². The van der Waals surface area contributed by atoms with E-state index in [4.69, 9.17) is 0 Å². The van der Waals surface area contributed by atoms with E-state index in [-0.39, 0.29) is 18.1 Å². The molecule has 1 N–H and O–H groups in total. The zero-order chi connectivity index (χ0) is 20.7. The lowest BCUT2D eigenvalue weighted by Gasteiger charge is -2.24. The first-order chi connectivity index (χ1) is 13.9. The van der Waals surface area contributed by atoms with Gasteiger partial charge in [-0.05, 0) is 56.5 Å². The molecule has 0 saturated heterocycles. The molecule has 1 aliphatic heterocycles. The molecule has 0 bridgehead atoms. The number of aryl methyl sites for hydroxylation is 4. The zero-order valence-corrected chi connectivity index (χ0v) is 17.2. The van der Waals surface area contributed by atoms with Gasteiger partial charge >= 0.3 is 0 Å². The van der Waals surface area contributed by atoms with Crippen LogP contribution in [-0.4, -0.2) is 21.5 Å². The van der Waals surface area contributed by atoms with E-state index in [1.54, 1.807) is 4.68 Å². The highest BCUT2D eigenvalue weighted by atomic mass is 16.2. The van der Waals surface area contributed by atoms with Crippen LogP contribution in [0.4, 0.5) is 5.82 Å². The number of fused-ring (bicyclic) bond motifs is 1. The van der Waals surface area contributed by atoms with Crippen LogP contribution in [0.15, 0.2) is 42.5 Å². The number of hydrogen-bond donors (Lipinski definition) is 1. The van der Waals surface area contributed by atoms with Gasteiger partial charge in [-0.25, -0.2) is 4.68 Å². The van der Waals surface area contributed by atoms with Crippen molar-refractivity contribution in [1.29, 1.82) is 0 Å². The molecule has 1 atom stereocenters. The number of benzene rings is 2. The summed E-state index contributed by atoms with van der Waals surface area (Å²) in [6.45, 7) is 7.91. The van der Waals surface area contributed by atoms with E-state index in [1.807, 2.05) is 51.1 Å². The van der Waals surface area contributed by atoms with Gasteiger partial charge in [0.1, 0.15) is 5.82 Å². The first kappa shape index (κ1) is 19.1. The lowest BCUT2D eigenvalue weighted by molar-refractivity contribution is -0.116. The number of amides is 1. The molecule has 1 aliphatic rings. The van der Waals surface area contributed by atoms with E-state index in [0.29, 0.717) is 11.4 Å². The lowest BCUT2D eigenvalue weighted by Crippen LogP contribution is -2.28. The topological polar surface area (TPSA) is 64.0 Å². The van der Waals surface area contributed by atoms with Gasteiger partial charge in [0.25, 0.3) is 0 Å². The van der Waals surface area contributed by atoms with Gasteiger partial charge in [0, 0.05) is 17.5 Å². The number of nitrogens with one attached hydrogen (secondary N) is 1. The number of anilines is 1. The molecule has 0 saturated carbocycles. The van der Waals surface area contributed by atoms with Crippen molar-refractivity contribution in [3.63, 3.8) is 0 Å². The molecule has 3 aromatic rings. The molecule has 5 nitrogen and oxygen atoms in total. The number of carbonyl (C=O) groups excluding carboxylic acids is 2. The van der Waals surface area contributed by atoms with Crippen LogP contribution in [0, 0.1) is 20.8 Å². The first-order valence-corrected chi connectivity index (χ1v) is 9.99. The molecule has 0 spiro atoms. The van der Waals surface area contributed by atoms with Crippen molar-refractivity contribution >= 4 is 17.5 Å². The maximum Gasteiger partial charge on any atom is 0.226 e. The molecule has 1 aromatic heterocycles. The minimum atomic E-state index is -0.526. The summed E-state index contributed by atoms with van der Waals surface area (Å²) in [6, 6.07) is 13.9. The average Bonchev–Trinajstić information content (AvgIpc) is 3.05. The van der Waals surface area contributed by atoms with Crippen molar-refractivity contribution in [2.75, 3.05) is 5.32 Å². The Hall–Kier alpha value is -3.21. The second kappa shape index (κ2) is 7.32. The summed E-state index contributed by atoms with van der Waals surface area (Å²) in [5, 5.41) is 7.65. The summed E-state index contributed by atoms with van der Waals surface area (Å²) in [7, 11) is 0. The summed E-state index contributed by atoms with van der Waals surface area (Å²) < 4.78 is 1.75. The Morgan fingerprint density at radius 2 is 1.97 bits per heavy atom. The number of carbonyl (C=O) groups is 2. The zero-order valence-electron chi connectivity index (χ0n) is 17.2. The SMILES string of the molecule is CCc1cccc(-n2nc(C)c3c2NC(=O)CC3C(=O)c2cc(C)ccc2C)c1. The smallest absolute Gasteiger partial charge is 0.226 e. The fourth-order valence-corrected chi connectivity index (χ4v) is 4.06. The Labute approximate surface area is 170 Å². The van der Waals surface area contributed by atoms with E-state index < -0.39 is 5.92 Å². The van der Waals surface area contributed by atoms with Crippen LogP contribution < -0.4 is 5.32 Å². The molecule has 0 fully saturated rings. The number of nitrogens with zero attached hydrogens (tertiary/aromatic N) is 2. The third-order valence-corrected chi connectivity index (χ3v) is 5.64. The molecule has 0 radical (unpaired) electrons. The highest BCUT2D eigenvalue weighted by molar-refractivity contribution is 6.08. The number of hydrogen-bond acceptors (Lipinski definition) is 3. The second-order valence-corrected chi connectivity index (χ2v) is 7.77. The van der Waals surface area contributed by atoms with E-state index in [0.717, 1.165) is 34.5 Å². The van der Waals surface area contributed by atoms with Crippen LogP contribution in [-0.2, 0) is 11.2 Å². The Morgan fingerprint density at radius 3 is 2.72 bits per heavy atom. The van der Waals surface area contributed by atoms with Crippen molar-refractivity contribution in [2.24, 2.45) is 0 Å². The quantitative estimate of drug-likeness (QED) is 0.662. The summed E-state index contributed by atoms with van der Waals surface area (Å²) >= 11 is 0. The molecular weight excluding hydrogens is 362 g/mol. The third kappa shape index (κ3) is 3.37. The molecule has 2 aromatic carbocycles. The van der Waals surface area contributed by atoms with Gasteiger partial charge in [-0.3, -0.25) is 9.59 Å². The predicted octanol–water partition coefficient (Wildman–Crippen LogP) is 4.67. The number of aromatic nitrogens is 2. The number of ketones is 1. The van der Waals surface area contributed by atoms with Gasteiger partial charge in [-0.1, -0.05) is 36.8 Å². The number of rotatable bonds is 4. The van der Waals surface area contributed by atoms with E-state index in [9.17, 15) is 9.59 Å². The van der Waals surface area contributed by atoms with Gasteiger partial charge in [0.15, 0.2) is 5.78 Å². The average molecular weight is 387 g/mol. The van der Waals surface area contributed by atoms with Crippen LogP contribution in [0.25, 0.3) is 5.69 Å².